The van der Waals surface area contributed by atoms with Crippen LogP contribution in [0.15, 0.2) is 28.7 Å². The van der Waals surface area contributed by atoms with Crippen molar-refractivity contribution in [2.75, 3.05) is 31.6 Å². The van der Waals surface area contributed by atoms with Crippen LogP contribution in [-0.4, -0.2) is 48.7 Å². The van der Waals surface area contributed by atoms with E-state index < -0.39 is 6.04 Å². The average molecular weight is 313 g/mol. The van der Waals surface area contributed by atoms with Crippen molar-refractivity contribution in [3.63, 3.8) is 0 Å². The van der Waals surface area contributed by atoms with Crippen molar-refractivity contribution in [3.05, 3.63) is 28.7 Å². The smallest absolute Gasteiger partial charge is 0.247 e. The van der Waals surface area contributed by atoms with Gasteiger partial charge in [-0.15, -0.1) is 0 Å². The van der Waals surface area contributed by atoms with Crippen LogP contribution in [0.4, 0.5) is 5.69 Å². The Morgan fingerprint density at radius 1 is 1.33 bits per heavy atom. The van der Waals surface area contributed by atoms with Crippen molar-refractivity contribution in [2.45, 2.75) is 12.5 Å². The Balaban J connectivity index is 2.29. The molecule has 1 saturated heterocycles. The molecule has 1 aromatic carbocycles. The molecule has 1 aliphatic rings. The zero-order chi connectivity index (χ0) is 13.1. The topological polar surface area (TPSA) is 43.8 Å². The fourth-order valence-corrected chi connectivity index (χ4v) is 2.51. The molecule has 1 unspecified atom stereocenters. The van der Waals surface area contributed by atoms with Crippen LogP contribution in [0.25, 0.3) is 0 Å². The highest BCUT2D eigenvalue weighted by atomic mass is 79.9. The Morgan fingerprint density at radius 2 is 2.00 bits per heavy atom. The third-order valence-corrected chi connectivity index (χ3v) is 3.79. The molecule has 2 rings (SSSR count). The summed E-state index contributed by atoms with van der Waals surface area (Å²) in [5, 5.41) is 9.49. The monoisotopic (exact) mass is 312 g/mol. The largest absolute Gasteiger partial charge is 0.394 e. The van der Waals surface area contributed by atoms with Gasteiger partial charge in [-0.25, -0.2) is 0 Å². The molecule has 18 heavy (non-hydrogen) atoms. The molecule has 1 aromatic rings. The molecule has 5 heteroatoms. The van der Waals surface area contributed by atoms with E-state index in [-0.39, 0.29) is 12.5 Å². The van der Waals surface area contributed by atoms with E-state index in [4.69, 9.17) is 0 Å². The molecule has 1 N–H and O–H groups in total. The lowest BCUT2D eigenvalue weighted by Gasteiger charge is -2.30. The van der Waals surface area contributed by atoms with Crippen molar-refractivity contribution in [3.8, 4) is 0 Å². The van der Waals surface area contributed by atoms with Gasteiger partial charge in [0.25, 0.3) is 0 Å². The number of carbonyl (C=O) groups excluding carboxylic acids is 1. The van der Waals surface area contributed by atoms with Crippen LogP contribution < -0.4 is 4.90 Å². The second-order valence-corrected chi connectivity index (χ2v) is 5.40. The lowest BCUT2D eigenvalue weighted by atomic mass is 10.2. The highest BCUT2D eigenvalue weighted by molar-refractivity contribution is 9.10. The number of amides is 1. The summed E-state index contributed by atoms with van der Waals surface area (Å²) in [5.41, 5.74) is 0.973. The maximum Gasteiger partial charge on any atom is 0.247 e. The maximum absolute atomic E-state index is 12.1. The predicted octanol–water partition coefficient (Wildman–Crippen LogP) is 1.48. The third kappa shape index (κ3) is 2.67. The molecule has 0 aliphatic carbocycles. The van der Waals surface area contributed by atoms with Crippen molar-refractivity contribution in [1.82, 2.24) is 4.90 Å². The molecule has 1 heterocycles. The number of nitrogens with zero attached hydrogens (tertiary/aromatic N) is 2. The Morgan fingerprint density at radius 3 is 2.61 bits per heavy atom. The second-order valence-electron chi connectivity index (χ2n) is 4.48. The fraction of sp³-hybridized carbons (Fsp3) is 0.462. The van der Waals surface area contributed by atoms with E-state index in [1.165, 1.54) is 0 Å². The number of anilines is 1. The van der Waals surface area contributed by atoms with Crippen molar-refractivity contribution >= 4 is 27.5 Å². The highest BCUT2D eigenvalue weighted by Gasteiger charge is 2.30. The Labute approximate surface area is 115 Å². The average Bonchev–Trinajstić information content (AvgIpc) is 2.51. The summed E-state index contributed by atoms with van der Waals surface area (Å²) in [7, 11) is 1.79. The number of aliphatic hydroxyl groups excluding tert-OH is 1. The fourth-order valence-electron chi connectivity index (χ4n) is 2.25. The number of carbonyl (C=O) groups is 1. The van der Waals surface area contributed by atoms with Gasteiger partial charge in [-0.2, -0.15) is 0 Å². The molecule has 0 bridgehead atoms. The molecule has 0 saturated carbocycles. The predicted molar refractivity (Wildman–Crippen MR) is 74.6 cm³/mol. The van der Waals surface area contributed by atoms with Gasteiger partial charge in [0.05, 0.1) is 6.61 Å². The number of benzene rings is 1. The first kappa shape index (κ1) is 13.4. The normalized spacial score (nSPS) is 21.1. The lowest BCUT2D eigenvalue weighted by molar-refractivity contribution is -0.131. The van der Waals surface area contributed by atoms with Crippen molar-refractivity contribution < 1.29 is 9.90 Å². The molecule has 1 aliphatic heterocycles. The minimum atomic E-state index is -0.473. The Bertz CT molecular complexity index is 422. The van der Waals surface area contributed by atoms with Crippen LogP contribution in [-0.2, 0) is 4.79 Å². The van der Waals surface area contributed by atoms with E-state index in [1.54, 1.807) is 11.9 Å². The van der Waals surface area contributed by atoms with Crippen LogP contribution >= 0.6 is 15.9 Å². The first-order valence-electron chi connectivity index (χ1n) is 6.01. The highest BCUT2D eigenvalue weighted by Crippen LogP contribution is 2.23. The van der Waals surface area contributed by atoms with E-state index in [1.807, 2.05) is 29.2 Å². The number of halogens is 1. The number of hydrogen-bond acceptors (Lipinski definition) is 3. The lowest BCUT2D eigenvalue weighted by Crippen LogP contribution is -2.47. The summed E-state index contributed by atoms with van der Waals surface area (Å²) < 4.78 is 1.00. The summed E-state index contributed by atoms with van der Waals surface area (Å²) in [6, 6.07) is 7.35. The minimum Gasteiger partial charge on any atom is -0.394 e. The van der Waals surface area contributed by atoms with E-state index >= 15 is 0 Å². The van der Waals surface area contributed by atoms with Crippen LogP contribution in [0.3, 0.4) is 0 Å². The van der Waals surface area contributed by atoms with Crippen molar-refractivity contribution in [2.24, 2.45) is 0 Å². The SMILES string of the molecule is CN1CCCN(c2ccc(Br)cc2)C(CO)C1=O. The standard InChI is InChI=1S/C13H17BrN2O2/c1-15-7-2-8-16(12(9-17)13(15)18)11-5-3-10(14)4-6-11/h3-6,12,17H,2,7-9H2,1H3. The summed E-state index contributed by atoms with van der Waals surface area (Å²) >= 11 is 3.40. The van der Waals surface area contributed by atoms with Crippen LogP contribution in [0.2, 0.25) is 0 Å². The molecule has 1 atom stereocenters. The molecule has 4 nitrogen and oxygen atoms in total. The quantitative estimate of drug-likeness (QED) is 0.899. The molecular formula is C13H17BrN2O2. The number of rotatable bonds is 2. The summed E-state index contributed by atoms with van der Waals surface area (Å²) in [6.45, 7) is 1.37. The zero-order valence-electron chi connectivity index (χ0n) is 10.3. The number of aliphatic hydroxyl groups is 1. The van der Waals surface area contributed by atoms with Crippen molar-refractivity contribution in [1.29, 1.82) is 0 Å². The van der Waals surface area contributed by atoms with Gasteiger partial charge in [0.15, 0.2) is 0 Å². The van der Waals surface area contributed by atoms with Gasteiger partial charge < -0.3 is 14.9 Å². The van der Waals surface area contributed by atoms with E-state index in [9.17, 15) is 9.90 Å². The maximum atomic E-state index is 12.1. The molecule has 0 radical (unpaired) electrons. The van der Waals surface area contributed by atoms with Gasteiger partial charge in [0.1, 0.15) is 6.04 Å². The number of hydrogen-bond donors (Lipinski definition) is 1. The van der Waals surface area contributed by atoms with Crippen LogP contribution in [0.1, 0.15) is 6.42 Å². The first-order chi connectivity index (χ1) is 8.63. The summed E-state index contributed by atoms with van der Waals surface area (Å²) in [5.74, 6) is -0.0158. The van der Waals surface area contributed by atoms with E-state index in [0.717, 1.165) is 29.7 Å². The minimum absolute atomic E-state index is 0.0158. The first-order valence-corrected chi connectivity index (χ1v) is 6.81. The summed E-state index contributed by atoms with van der Waals surface area (Å²) in [4.78, 5) is 15.8. The second kappa shape index (κ2) is 5.71. The van der Waals surface area contributed by atoms with Gasteiger partial charge >= 0.3 is 0 Å². The van der Waals surface area contributed by atoms with E-state index in [0.29, 0.717) is 0 Å². The molecule has 98 valence electrons. The van der Waals surface area contributed by atoms with Gasteiger partial charge in [0.2, 0.25) is 5.91 Å². The Hall–Kier alpha value is -1.07. The molecule has 0 spiro atoms. The molecule has 1 fully saturated rings. The molecular weight excluding hydrogens is 296 g/mol. The summed E-state index contributed by atoms with van der Waals surface area (Å²) in [6.07, 6.45) is 0.912. The Kier molecular flexibility index (Phi) is 4.24. The van der Waals surface area contributed by atoms with Gasteiger partial charge in [-0.1, -0.05) is 15.9 Å². The van der Waals surface area contributed by atoms with Gasteiger partial charge in [-0.3, -0.25) is 4.79 Å². The van der Waals surface area contributed by atoms with Gasteiger partial charge in [0, 0.05) is 30.3 Å². The number of likely N-dealkylation sites (N-methyl/N-ethyl adjacent to an activating group) is 1. The molecule has 1 amide bonds. The zero-order valence-corrected chi connectivity index (χ0v) is 11.9. The van der Waals surface area contributed by atoms with Gasteiger partial charge in [-0.05, 0) is 30.7 Å². The van der Waals surface area contributed by atoms with Crippen LogP contribution in [0, 0.1) is 0 Å². The van der Waals surface area contributed by atoms with E-state index in [2.05, 4.69) is 15.9 Å². The molecule has 0 aromatic heterocycles. The van der Waals surface area contributed by atoms with Crippen LogP contribution in [0.5, 0.6) is 0 Å². The third-order valence-electron chi connectivity index (χ3n) is 3.26.